The molecule has 2 N–H and O–H groups in total. The highest BCUT2D eigenvalue weighted by molar-refractivity contribution is 5.81. The van der Waals surface area contributed by atoms with Crippen LogP contribution in [0.1, 0.15) is 94.4 Å². The van der Waals surface area contributed by atoms with Gasteiger partial charge in [0.25, 0.3) is 0 Å². The van der Waals surface area contributed by atoms with Crippen molar-refractivity contribution in [2.75, 3.05) is 27.8 Å². The lowest BCUT2D eigenvalue weighted by molar-refractivity contribution is -0.146. The van der Waals surface area contributed by atoms with Gasteiger partial charge in [-0.05, 0) is 55.6 Å². The minimum Gasteiger partial charge on any atom is -0.387 e. The van der Waals surface area contributed by atoms with Gasteiger partial charge in [-0.1, -0.05) is 79.2 Å². The number of likely N-dealkylation sites (N-methyl/N-ethyl adjacent to an activating group) is 1. The monoisotopic (exact) mass is 659 g/mol. The van der Waals surface area contributed by atoms with Crippen molar-refractivity contribution in [3.8, 4) is 0 Å². The van der Waals surface area contributed by atoms with Gasteiger partial charge >= 0.3 is 0 Å². The van der Waals surface area contributed by atoms with Crippen LogP contribution in [-0.2, 0) is 23.9 Å². The van der Waals surface area contributed by atoms with E-state index in [0.717, 1.165) is 24.8 Å². The number of aliphatic hydroxyl groups is 1. The molecule has 0 aromatic heterocycles. The second-order valence-corrected chi connectivity index (χ2v) is 14.5. The number of nitrogens with one attached hydrogen (secondary N) is 1. The van der Waals surface area contributed by atoms with Crippen molar-refractivity contribution in [2.24, 2.45) is 29.6 Å². The Bertz CT molecular complexity index is 1150. The zero-order valence-electron chi connectivity index (χ0n) is 31.3. The fraction of sp³-hybridized carbons (Fsp3) is 0.763. The molecule has 1 aliphatic carbocycles. The maximum Gasteiger partial charge on any atom is 0.225 e. The molecule has 2 unspecified atom stereocenters. The number of carbonyl (C=O) groups excluding carboxylic acids is 3. The second-order valence-electron chi connectivity index (χ2n) is 14.5. The number of carbonyl (C=O) groups is 3. The summed E-state index contributed by atoms with van der Waals surface area (Å²) in [5, 5.41) is 14.4. The Balaban J connectivity index is 2.17. The molecule has 0 aromatic carbocycles. The van der Waals surface area contributed by atoms with Gasteiger partial charge in [-0.3, -0.25) is 14.4 Å². The van der Waals surface area contributed by atoms with Crippen molar-refractivity contribution in [3.63, 3.8) is 0 Å². The fourth-order valence-corrected chi connectivity index (χ4v) is 7.63. The van der Waals surface area contributed by atoms with Crippen LogP contribution in [0.25, 0.3) is 0 Å². The Morgan fingerprint density at radius 2 is 1.77 bits per heavy atom. The van der Waals surface area contributed by atoms with E-state index in [9.17, 15) is 19.5 Å². The van der Waals surface area contributed by atoms with Crippen LogP contribution < -0.4 is 5.32 Å². The molecule has 1 heterocycles. The van der Waals surface area contributed by atoms with E-state index >= 15 is 0 Å². The van der Waals surface area contributed by atoms with Gasteiger partial charge in [0.05, 0.1) is 48.8 Å². The smallest absolute Gasteiger partial charge is 0.225 e. The number of aliphatic hydroxyl groups excluding tert-OH is 1. The van der Waals surface area contributed by atoms with E-state index in [2.05, 4.69) is 52.6 Å². The van der Waals surface area contributed by atoms with Gasteiger partial charge in [-0.15, -0.1) is 0 Å². The molecule has 0 radical (unpaired) electrons. The molecule has 10 atom stereocenters. The number of allylic oxidation sites excluding steroid dienone is 4. The van der Waals surface area contributed by atoms with E-state index in [1.807, 2.05) is 45.7 Å². The lowest BCUT2D eigenvalue weighted by atomic mass is 9.76. The molecule has 0 aromatic rings. The molecule has 0 saturated carbocycles. The predicted octanol–water partition coefficient (Wildman–Crippen LogP) is 5.53. The Labute approximate surface area is 285 Å². The third kappa shape index (κ3) is 9.79. The van der Waals surface area contributed by atoms with Crippen LogP contribution in [0.2, 0.25) is 0 Å². The summed E-state index contributed by atoms with van der Waals surface area (Å²) in [7, 11) is 5.01. The molecule has 47 heavy (non-hydrogen) atoms. The van der Waals surface area contributed by atoms with E-state index in [1.165, 1.54) is 11.1 Å². The van der Waals surface area contributed by atoms with E-state index in [4.69, 9.17) is 9.47 Å². The molecule has 2 rings (SSSR count). The van der Waals surface area contributed by atoms with Crippen molar-refractivity contribution >= 4 is 17.7 Å². The highest BCUT2D eigenvalue weighted by atomic mass is 16.5. The molecule has 1 fully saturated rings. The summed E-state index contributed by atoms with van der Waals surface area (Å²) in [6.45, 7) is 22.6. The lowest BCUT2D eigenvalue weighted by Gasteiger charge is -2.39. The summed E-state index contributed by atoms with van der Waals surface area (Å²) >= 11 is 0. The lowest BCUT2D eigenvalue weighted by Crippen LogP contribution is -2.54. The third-order valence-electron chi connectivity index (χ3n) is 10.8. The summed E-state index contributed by atoms with van der Waals surface area (Å²) in [6.07, 6.45) is 5.08. The third-order valence-corrected chi connectivity index (χ3v) is 10.8. The van der Waals surface area contributed by atoms with Gasteiger partial charge in [0.15, 0.2) is 0 Å². The van der Waals surface area contributed by atoms with Gasteiger partial charge in [0.1, 0.15) is 0 Å². The largest absolute Gasteiger partial charge is 0.387 e. The van der Waals surface area contributed by atoms with E-state index < -0.39 is 30.3 Å². The first-order valence-corrected chi connectivity index (χ1v) is 17.7. The highest BCUT2D eigenvalue weighted by Gasteiger charge is 2.42. The molecule has 1 aliphatic heterocycles. The Morgan fingerprint density at radius 3 is 2.30 bits per heavy atom. The number of hydrogen-bond acceptors (Lipinski definition) is 6. The molecule has 3 amide bonds. The van der Waals surface area contributed by atoms with Crippen LogP contribution in [0, 0.1) is 29.6 Å². The zero-order valence-corrected chi connectivity index (χ0v) is 31.3. The van der Waals surface area contributed by atoms with E-state index in [-0.39, 0.29) is 59.9 Å². The molecule has 0 spiro atoms. The Hall–Kier alpha value is -2.49. The van der Waals surface area contributed by atoms with Crippen LogP contribution >= 0.6 is 0 Å². The van der Waals surface area contributed by atoms with Crippen LogP contribution in [0.5, 0.6) is 0 Å². The summed E-state index contributed by atoms with van der Waals surface area (Å²) in [5.74, 6) is -0.260. The first-order valence-electron chi connectivity index (χ1n) is 17.7. The summed E-state index contributed by atoms with van der Waals surface area (Å²) in [6, 6.07) is -1.04. The predicted molar refractivity (Wildman–Crippen MR) is 188 cm³/mol. The topological polar surface area (TPSA) is 108 Å². The second kappa shape index (κ2) is 18.3. The number of hydrogen-bond donors (Lipinski definition) is 2. The molecule has 9 heteroatoms. The van der Waals surface area contributed by atoms with Gasteiger partial charge in [0, 0.05) is 40.2 Å². The van der Waals surface area contributed by atoms with Crippen molar-refractivity contribution in [1.29, 1.82) is 0 Å². The van der Waals surface area contributed by atoms with Crippen LogP contribution in [0.15, 0.2) is 35.5 Å². The highest BCUT2D eigenvalue weighted by Crippen LogP contribution is 2.36. The minimum absolute atomic E-state index is 0.0414. The summed E-state index contributed by atoms with van der Waals surface area (Å²) in [5.41, 5.74) is 3.26. The number of amides is 3. The number of rotatable bonds is 17. The van der Waals surface area contributed by atoms with Gasteiger partial charge in [-0.2, -0.15) is 0 Å². The normalized spacial score (nSPS) is 24.6. The Kier molecular flexibility index (Phi) is 15.9. The number of likely N-dealkylation sites (tertiary alicyclic amines) is 1. The van der Waals surface area contributed by atoms with Crippen molar-refractivity contribution in [1.82, 2.24) is 15.1 Å². The van der Waals surface area contributed by atoms with Gasteiger partial charge in [0.2, 0.25) is 17.7 Å². The number of methoxy groups -OCH3 is 2. The molecule has 0 bridgehead atoms. The standard InChI is InChI=1S/C38H65N3O6/c1-14-23(5)35(40(11)33(42)19-22(3)4)32(46-12)21-34(43)41-18-16-17-31(41)37(47-13)27(9)38(45)39-28(10)36(44)30-20-24(6)29(15-2)25(7)26(30)8/h15,20,22-24,26-28,31-32,35-37,44H,2,14,16-19,21H2,1,3-13H3,(H,39,45)/t23-,24?,26?,27+,28+,31-,32+,35-,36+,37+/m0/s1. The number of ether oxygens (including phenoxy) is 2. The first kappa shape index (κ1) is 40.7. The van der Waals surface area contributed by atoms with Gasteiger partial charge < -0.3 is 29.7 Å². The van der Waals surface area contributed by atoms with Crippen LogP contribution in [0.4, 0.5) is 0 Å². The average Bonchev–Trinajstić information content (AvgIpc) is 3.51. The molecular weight excluding hydrogens is 594 g/mol. The fourth-order valence-electron chi connectivity index (χ4n) is 7.63. The van der Waals surface area contributed by atoms with Crippen molar-refractivity contribution in [2.45, 2.75) is 131 Å². The van der Waals surface area contributed by atoms with E-state index in [0.29, 0.717) is 13.0 Å². The van der Waals surface area contributed by atoms with Crippen LogP contribution in [-0.4, -0.2) is 96.9 Å². The molecule has 268 valence electrons. The number of nitrogens with zero attached hydrogens (tertiary/aromatic N) is 2. The molecule has 2 aliphatic rings. The van der Waals surface area contributed by atoms with Crippen molar-refractivity contribution < 1.29 is 29.0 Å². The molecular formula is C38H65N3O6. The van der Waals surface area contributed by atoms with Crippen LogP contribution in [0.3, 0.4) is 0 Å². The molecule has 1 saturated heterocycles. The Morgan fingerprint density at radius 1 is 1.13 bits per heavy atom. The quantitative estimate of drug-likeness (QED) is 0.199. The molecule has 9 nitrogen and oxygen atoms in total. The summed E-state index contributed by atoms with van der Waals surface area (Å²) in [4.78, 5) is 44.2. The maximum absolute atomic E-state index is 13.9. The SMILES string of the molecule is C=CC1=C(C)C(C)C([C@H](O)[C@@H](C)NC(=O)[C@H](C)[C@@H](OC)[C@@H]2CCCN2C(=O)C[C@@H](OC)[C@H]([C@@H](C)CC)N(C)C(=O)CC(C)C)=CC1C. The van der Waals surface area contributed by atoms with Gasteiger partial charge in [-0.25, -0.2) is 0 Å². The van der Waals surface area contributed by atoms with E-state index in [1.54, 1.807) is 19.1 Å². The maximum atomic E-state index is 13.9. The average molecular weight is 660 g/mol. The van der Waals surface area contributed by atoms with Crippen molar-refractivity contribution in [3.05, 3.63) is 35.5 Å². The summed E-state index contributed by atoms with van der Waals surface area (Å²) < 4.78 is 11.9. The first-order chi connectivity index (χ1) is 22.0. The zero-order chi connectivity index (χ0) is 35.7. The minimum atomic E-state index is -0.842.